The second-order valence-corrected chi connectivity index (χ2v) is 4.85. The van der Waals surface area contributed by atoms with Crippen LogP contribution in [0.4, 0.5) is 4.79 Å². The van der Waals surface area contributed by atoms with Gasteiger partial charge in [0.2, 0.25) is 0 Å². The molecule has 0 aromatic carbocycles. The third kappa shape index (κ3) is 1.98. The van der Waals surface area contributed by atoms with Crippen LogP contribution in [0.5, 0.6) is 0 Å². The normalized spacial score (nSPS) is 32.1. The van der Waals surface area contributed by atoms with Gasteiger partial charge in [-0.2, -0.15) is 0 Å². The minimum absolute atomic E-state index is 0.0790. The zero-order valence-corrected chi connectivity index (χ0v) is 11.0. The van der Waals surface area contributed by atoms with Crippen molar-refractivity contribution in [2.24, 2.45) is 0 Å². The number of esters is 1. The van der Waals surface area contributed by atoms with E-state index in [1.165, 1.54) is 4.90 Å². The number of hydrogen-bond donors (Lipinski definition) is 0. The highest BCUT2D eigenvalue weighted by atomic mass is 16.6. The Kier molecular flexibility index (Phi) is 3.21. The SMILES string of the molecule is CCOC(=O)C1=C[C@@H]2O[C@H]1CC(=O)[C@@H]2N1CCOC1=O. The third-order valence-corrected chi connectivity index (χ3v) is 3.68. The largest absolute Gasteiger partial charge is 0.463 e. The lowest BCUT2D eigenvalue weighted by molar-refractivity contribution is -0.142. The molecule has 0 spiro atoms. The summed E-state index contributed by atoms with van der Waals surface area (Å²) in [6.07, 6.45) is 0.0236. The molecule has 0 aromatic heterocycles. The summed E-state index contributed by atoms with van der Waals surface area (Å²) >= 11 is 0. The maximum atomic E-state index is 12.2. The van der Waals surface area contributed by atoms with Gasteiger partial charge in [-0.05, 0) is 13.0 Å². The molecule has 3 aliphatic heterocycles. The Morgan fingerprint density at radius 1 is 1.50 bits per heavy atom. The summed E-state index contributed by atoms with van der Waals surface area (Å²) < 4.78 is 15.5. The lowest BCUT2D eigenvalue weighted by Gasteiger charge is -2.33. The molecule has 0 radical (unpaired) electrons. The van der Waals surface area contributed by atoms with E-state index in [2.05, 4.69) is 0 Å². The van der Waals surface area contributed by atoms with E-state index in [-0.39, 0.29) is 25.4 Å². The molecule has 3 atom stereocenters. The Morgan fingerprint density at radius 2 is 2.30 bits per heavy atom. The van der Waals surface area contributed by atoms with Crippen LogP contribution < -0.4 is 0 Å². The van der Waals surface area contributed by atoms with Crippen LogP contribution in [0.3, 0.4) is 0 Å². The number of carbonyl (C=O) groups is 3. The lowest BCUT2D eigenvalue weighted by Crippen LogP contribution is -2.52. The molecule has 0 N–H and O–H groups in total. The van der Waals surface area contributed by atoms with E-state index in [0.717, 1.165) is 0 Å². The number of cyclic esters (lactones) is 1. The minimum Gasteiger partial charge on any atom is -0.463 e. The van der Waals surface area contributed by atoms with Crippen molar-refractivity contribution in [2.75, 3.05) is 19.8 Å². The molecule has 3 heterocycles. The summed E-state index contributed by atoms with van der Waals surface area (Å²) in [4.78, 5) is 37.0. The van der Waals surface area contributed by atoms with Gasteiger partial charge in [0.05, 0.1) is 24.8 Å². The molecular weight excluding hydrogens is 266 g/mol. The van der Waals surface area contributed by atoms with Gasteiger partial charge in [-0.3, -0.25) is 9.69 Å². The lowest BCUT2D eigenvalue weighted by atomic mass is 9.99. The molecule has 7 nitrogen and oxygen atoms in total. The quantitative estimate of drug-likeness (QED) is 0.679. The molecule has 20 heavy (non-hydrogen) atoms. The molecule has 1 amide bonds. The highest BCUT2D eigenvalue weighted by molar-refractivity contribution is 5.96. The summed E-state index contributed by atoms with van der Waals surface area (Å²) in [5.41, 5.74) is 0.375. The monoisotopic (exact) mass is 281 g/mol. The van der Waals surface area contributed by atoms with Gasteiger partial charge in [0.1, 0.15) is 18.8 Å². The number of rotatable bonds is 3. The molecule has 2 fully saturated rings. The summed E-state index contributed by atoms with van der Waals surface area (Å²) in [5, 5.41) is 0. The van der Waals surface area contributed by atoms with Gasteiger partial charge in [0, 0.05) is 6.42 Å². The first-order valence-corrected chi connectivity index (χ1v) is 6.62. The number of fused-ring (bicyclic) bond motifs is 2. The van der Waals surface area contributed by atoms with Crippen LogP contribution in [0, 0.1) is 0 Å². The second kappa shape index (κ2) is 4.90. The highest BCUT2D eigenvalue weighted by Crippen LogP contribution is 2.34. The fraction of sp³-hybridized carbons (Fsp3) is 0.615. The van der Waals surface area contributed by atoms with Crippen LogP contribution in [-0.2, 0) is 23.8 Å². The summed E-state index contributed by atoms with van der Waals surface area (Å²) in [6, 6.07) is -0.701. The molecule has 7 heteroatoms. The van der Waals surface area contributed by atoms with Crippen molar-refractivity contribution in [2.45, 2.75) is 31.6 Å². The first kappa shape index (κ1) is 13.1. The van der Waals surface area contributed by atoms with E-state index in [1.54, 1.807) is 13.0 Å². The Labute approximate surface area is 115 Å². The summed E-state index contributed by atoms with van der Waals surface area (Å²) in [7, 11) is 0. The van der Waals surface area contributed by atoms with Gasteiger partial charge < -0.3 is 14.2 Å². The molecule has 0 aliphatic carbocycles. The van der Waals surface area contributed by atoms with E-state index in [0.29, 0.717) is 12.1 Å². The Hall–Kier alpha value is -1.89. The minimum atomic E-state index is -0.701. The molecular formula is C13H15NO6. The number of nitrogens with zero attached hydrogens (tertiary/aromatic N) is 1. The molecule has 2 bridgehead atoms. The van der Waals surface area contributed by atoms with Gasteiger partial charge in [-0.1, -0.05) is 0 Å². The second-order valence-electron chi connectivity index (χ2n) is 4.85. The van der Waals surface area contributed by atoms with Crippen molar-refractivity contribution in [3.05, 3.63) is 11.6 Å². The molecule has 2 saturated heterocycles. The molecule has 0 saturated carbocycles. The van der Waals surface area contributed by atoms with Gasteiger partial charge in [-0.15, -0.1) is 0 Å². The van der Waals surface area contributed by atoms with E-state index in [1.807, 2.05) is 0 Å². The van der Waals surface area contributed by atoms with Crippen LogP contribution in [0.25, 0.3) is 0 Å². The topological polar surface area (TPSA) is 82.1 Å². The van der Waals surface area contributed by atoms with Crippen LogP contribution >= 0.6 is 0 Å². The smallest absolute Gasteiger partial charge is 0.410 e. The number of ketones is 1. The zero-order valence-electron chi connectivity index (χ0n) is 11.0. The molecule has 3 aliphatic rings. The van der Waals surface area contributed by atoms with Crippen molar-refractivity contribution < 1.29 is 28.6 Å². The molecule has 0 unspecified atom stereocenters. The molecule has 0 aromatic rings. The number of amides is 1. The van der Waals surface area contributed by atoms with Crippen molar-refractivity contribution >= 4 is 17.8 Å². The maximum Gasteiger partial charge on any atom is 0.410 e. The number of ether oxygens (including phenoxy) is 3. The zero-order chi connectivity index (χ0) is 14.3. The van der Waals surface area contributed by atoms with Crippen molar-refractivity contribution in [3.63, 3.8) is 0 Å². The van der Waals surface area contributed by atoms with E-state index >= 15 is 0 Å². The standard InChI is InChI=1S/C13H15NO6/c1-2-18-12(16)7-5-10-11(8(15)6-9(7)20-10)14-3-4-19-13(14)17/h5,9-11H,2-4,6H2,1H3/t9-,10-,11-/m0/s1. The van der Waals surface area contributed by atoms with Crippen LogP contribution in [0.1, 0.15) is 13.3 Å². The van der Waals surface area contributed by atoms with Gasteiger partial charge in [0.25, 0.3) is 0 Å². The average Bonchev–Trinajstić information content (AvgIpc) is 2.96. The van der Waals surface area contributed by atoms with Crippen molar-refractivity contribution in [1.82, 2.24) is 4.90 Å². The van der Waals surface area contributed by atoms with Gasteiger partial charge >= 0.3 is 12.1 Å². The Bertz CT molecular complexity index is 499. The van der Waals surface area contributed by atoms with Crippen molar-refractivity contribution in [3.8, 4) is 0 Å². The molecule has 3 rings (SSSR count). The number of hydrogen-bond acceptors (Lipinski definition) is 6. The van der Waals surface area contributed by atoms with E-state index in [9.17, 15) is 14.4 Å². The van der Waals surface area contributed by atoms with Crippen molar-refractivity contribution in [1.29, 1.82) is 0 Å². The van der Waals surface area contributed by atoms with Crippen LogP contribution in [0.15, 0.2) is 11.6 Å². The molecule has 108 valence electrons. The summed E-state index contributed by atoms with van der Waals surface area (Å²) in [5.74, 6) is -0.571. The average molecular weight is 281 g/mol. The van der Waals surface area contributed by atoms with Gasteiger partial charge in [0.15, 0.2) is 5.78 Å². The Balaban J connectivity index is 1.83. The Morgan fingerprint density at radius 3 is 2.95 bits per heavy atom. The fourth-order valence-electron chi connectivity index (χ4n) is 2.82. The maximum absolute atomic E-state index is 12.2. The third-order valence-electron chi connectivity index (χ3n) is 3.68. The number of carbonyl (C=O) groups excluding carboxylic acids is 3. The number of Topliss-reactive ketones (excluding diaryl/α,β-unsaturated/α-hetero) is 1. The first-order valence-electron chi connectivity index (χ1n) is 6.62. The first-order chi connectivity index (χ1) is 9.61. The van der Waals surface area contributed by atoms with E-state index in [4.69, 9.17) is 14.2 Å². The summed E-state index contributed by atoms with van der Waals surface area (Å²) in [6.45, 7) is 2.62. The van der Waals surface area contributed by atoms with Crippen LogP contribution in [-0.4, -0.2) is 60.8 Å². The highest BCUT2D eigenvalue weighted by Gasteiger charge is 2.49. The predicted molar refractivity (Wildman–Crippen MR) is 64.8 cm³/mol. The van der Waals surface area contributed by atoms with Gasteiger partial charge in [-0.25, -0.2) is 9.59 Å². The van der Waals surface area contributed by atoms with Crippen LogP contribution in [0.2, 0.25) is 0 Å². The fourth-order valence-corrected chi connectivity index (χ4v) is 2.82. The predicted octanol–water partition coefficient (Wildman–Crippen LogP) is 0.0369. The van der Waals surface area contributed by atoms with E-state index < -0.39 is 30.3 Å².